The van der Waals surface area contributed by atoms with E-state index in [1.165, 1.54) is 7.11 Å². The van der Waals surface area contributed by atoms with Crippen molar-refractivity contribution >= 4 is 23.8 Å². The summed E-state index contributed by atoms with van der Waals surface area (Å²) in [6.45, 7) is 0.130. The number of nitrogens with zero attached hydrogens (tertiary/aromatic N) is 1. The SMILES string of the molecule is COC(=O)/C=C/C(=O)O[C@H]1CC(=O)N(Cc2ccccc2)C1=O. The van der Waals surface area contributed by atoms with E-state index in [4.69, 9.17) is 4.74 Å². The van der Waals surface area contributed by atoms with Crippen molar-refractivity contribution in [2.75, 3.05) is 7.11 Å². The van der Waals surface area contributed by atoms with Crippen LogP contribution in [0.1, 0.15) is 12.0 Å². The van der Waals surface area contributed by atoms with Gasteiger partial charge in [-0.15, -0.1) is 0 Å². The molecule has 0 aromatic heterocycles. The van der Waals surface area contributed by atoms with Crippen LogP contribution >= 0.6 is 0 Å². The van der Waals surface area contributed by atoms with Gasteiger partial charge in [-0.3, -0.25) is 14.5 Å². The highest BCUT2D eigenvalue weighted by molar-refractivity contribution is 6.06. The zero-order chi connectivity index (χ0) is 16.8. The lowest BCUT2D eigenvalue weighted by Crippen LogP contribution is -2.33. The van der Waals surface area contributed by atoms with Crippen molar-refractivity contribution in [2.45, 2.75) is 19.1 Å². The first-order chi connectivity index (χ1) is 11.0. The fourth-order valence-electron chi connectivity index (χ4n) is 2.06. The van der Waals surface area contributed by atoms with E-state index in [2.05, 4.69) is 4.74 Å². The molecule has 1 aromatic rings. The topological polar surface area (TPSA) is 90.0 Å². The number of ether oxygens (including phenoxy) is 2. The van der Waals surface area contributed by atoms with Gasteiger partial charge in [0.2, 0.25) is 5.91 Å². The molecule has 7 heteroatoms. The molecule has 0 radical (unpaired) electrons. The molecule has 0 unspecified atom stereocenters. The Balaban J connectivity index is 1.97. The summed E-state index contributed by atoms with van der Waals surface area (Å²) in [7, 11) is 1.17. The van der Waals surface area contributed by atoms with Crippen LogP contribution in [0.5, 0.6) is 0 Å². The van der Waals surface area contributed by atoms with Gasteiger partial charge < -0.3 is 9.47 Å². The van der Waals surface area contributed by atoms with Crippen molar-refractivity contribution in [3.05, 3.63) is 48.0 Å². The maximum atomic E-state index is 12.2. The molecule has 1 fully saturated rings. The molecule has 0 spiro atoms. The number of likely N-dealkylation sites (tertiary alicyclic amines) is 1. The van der Waals surface area contributed by atoms with Crippen molar-refractivity contribution in [3.63, 3.8) is 0 Å². The second kappa shape index (κ2) is 7.35. The molecule has 1 saturated heterocycles. The number of benzene rings is 1. The minimum atomic E-state index is -1.17. The van der Waals surface area contributed by atoms with Crippen LogP contribution in [0.3, 0.4) is 0 Å². The summed E-state index contributed by atoms with van der Waals surface area (Å²) in [4.78, 5) is 47.5. The summed E-state index contributed by atoms with van der Waals surface area (Å²) < 4.78 is 9.24. The van der Waals surface area contributed by atoms with Crippen LogP contribution in [-0.4, -0.2) is 41.9 Å². The molecule has 1 aliphatic rings. The van der Waals surface area contributed by atoms with Crippen LogP contribution in [0, 0.1) is 0 Å². The fourth-order valence-corrected chi connectivity index (χ4v) is 2.06. The number of amides is 2. The van der Waals surface area contributed by atoms with Gasteiger partial charge in [0.15, 0.2) is 6.10 Å². The molecule has 1 heterocycles. The predicted molar refractivity (Wildman–Crippen MR) is 77.7 cm³/mol. The van der Waals surface area contributed by atoms with Crippen LogP contribution < -0.4 is 0 Å². The molecular formula is C16H15NO6. The molecular weight excluding hydrogens is 302 g/mol. The maximum Gasteiger partial charge on any atom is 0.331 e. The molecule has 2 amide bonds. The summed E-state index contributed by atoms with van der Waals surface area (Å²) in [6, 6.07) is 9.01. The van der Waals surface area contributed by atoms with Crippen LogP contribution in [-0.2, 0) is 35.2 Å². The Morgan fingerprint density at radius 3 is 2.48 bits per heavy atom. The van der Waals surface area contributed by atoms with Crippen LogP contribution in [0.4, 0.5) is 0 Å². The van der Waals surface area contributed by atoms with Gasteiger partial charge in [0.1, 0.15) is 0 Å². The average Bonchev–Trinajstić information content (AvgIpc) is 2.81. The molecule has 0 N–H and O–H groups in total. The summed E-state index contributed by atoms with van der Waals surface area (Å²) >= 11 is 0. The summed E-state index contributed by atoms with van der Waals surface area (Å²) in [5, 5.41) is 0. The van der Waals surface area contributed by atoms with Crippen molar-refractivity contribution in [2.24, 2.45) is 0 Å². The van der Waals surface area contributed by atoms with E-state index < -0.39 is 29.9 Å². The van der Waals surface area contributed by atoms with Crippen LogP contribution in [0.25, 0.3) is 0 Å². The predicted octanol–water partition coefficient (Wildman–Crippen LogP) is 0.586. The Morgan fingerprint density at radius 2 is 1.83 bits per heavy atom. The maximum absolute atomic E-state index is 12.2. The highest BCUT2D eigenvalue weighted by atomic mass is 16.5. The zero-order valence-corrected chi connectivity index (χ0v) is 12.4. The van der Waals surface area contributed by atoms with E-state index in [1.54, 1.807) is 24.3 Å². The van der Waals surface area contributed by atoms with Gasteiger partial charge in [0, 0.05) is 12.2 Å². The Hall–Kier alpha value is -2.96. The first-order valence-corrected chi connectivity index (χ1v) is 6.86. The van der Waals surface area contributed by atoms with E-state index >= 15 is 0 Å². The Labute approximate surface area is 132 Å². The summed E-state index contributed by atoms with van der Waals surface area (Å²) in [5.41, 5.74) is 0.798. The van der Waals surface area contributed by atoms with Crippen molar-refractivity contribution in [1.29, 1.82) is 0 Å². The first kappa shape index (κ1) is 16.4. The van der Waals surface area contributed by atoms with Gasteiger partial charge in [0.25, 0.3) is 5.91 Å². The number of carbonyl (C=O) groups is 4. The van der Waals surface area contributed by atoms with Gasteiger partial charge in [0.05, 0.1) is 20.1 Å². The minimum Gasteiger partial charge on any atom is -0.466 e. The monoisotopic (exact) mass is 317 g/mol. The average molecular weight is 317 g/mol. The van der Waals surface area contributed by atoms with Gasteiger partial charge >= 0.3 is 11.9 Å². The summed E-state index contributed by atoms with van der Waals surface area (Å²) in [6.07, 6.45) is 0.360. The highest BCUT2D eigenvalue weighted by Gasteiger charge is 2.40. The van der Waals surface area contributed by atoms with E-state index in [-0.39, 0.29) is 13.0 Å². The third kappa shape index (κ3) is 4.26. The molecule has 7 nitrogen and oxygen atoms in total. The van der Waals surface area contributed by atoms with Gasteiger partial charge in [-0.25, -0.2) is 9.59 Å². The Bertz CT molecular complexity index is 652. The molecule has 1 atom stereocenters. The number of methoxy groups -OCH3 is 1. The largest absolute Gasteiger partial charge is 0.466 e. The standard InChI is InChI=1S/C16H15NO6/c1-22-14(19)7-8-15(20)23-12-9-13(18)17(16(12)21)10-11-5-3-2-4-6-11/h2-8,12H,9-10H2,1H3/b8-7+/t12-/m0/s1. The van der Waals surface area contributed by atoms with E-state index in [0.29, 0.717) is 0 Å². The second-order valence-corrected chi connectivity index (χ2v) is 4.79. The molecule has 1 aliphatic heterocycles. The second-order valence-electron chi connectivity index (χ2n) is 4.79. The quantitative estimate of drug-likeness (QED) is 0.448. The number of carbonyl (C=O) groups excluding carboxylic acids is 4. The lowest BCUT2D eigenvalue weighted by Gasteiger charge is -2.14. The molecule has 0 aliphatic carbocycles. The molecule has 1 aromatic carbocycles. The van der Waals surface area contributed by atoms with Crippen LogP contribution in [0.2, 0.25) is 0 Å². The van der Waals surface area contributed by atoms with Crippen LogP contribution in [0.15, 0.2) is 42.5 Å². The first-order valence-electron chi connectivity index (χ1n) is 6.86. The van der Waals surface area contributed by atoms with E-state index in [0.717, 1.165) is 22.6 Å². The number of rotatable bonds is 5. The molecule has 2 rings (SSSR count). The van der Waals surface area contributed by atoms with Crippen molar-refractivity contribution in [1.82, 2.24) is 4.90 Å². The number of hydrogen-bond donors (Lipinski definition) is 0. The Kier molecular flexibility index (Phi) is 5.24. The fraction of sp³-hybridized carbons (Fsp3) is 0.250. The molecule has 0 bridgehead atoms. The molecule has 0 saturated carbocycles. The number of hydrogen-bond acceptors (Lipinski definition) is 6. The lowest BCUT2D eigenvalue weighted by molar-refractivity contribution is -0.152. The summed E-state index contributed by atoms with van der Waals surface area (Å²) in [5.74, 6) is -2.59. The number of esters is 2. The smallest absolute Gasteiger partial charge is 0.331 e. The third-order valence-corrected chi connectivity index (χ3v) is 3.20. The lowest BCUT2D eigenvalue weighted by atomic mass is 10.2. The molecule has 23 heavy (non-hydrogen) atoms. The zero-order valence-electron chi connectivity index (χ0n) is 12.4. The third-order valence-electron chi connectivity index (χ3n) is 3.20. The van der Waals surface area contributed by atoms with Gasteiger partial charge in [-0.1, -0.05) is 30.3 Å². The minimum absolute atomic E-state index is 0.130. The normalized spacial score (nSPS) is 17.6. The van der Waals surface area contributed by atoms with Crippen molar-refractivity contribution in [3.8, 4) is 0 Å². The van der Waals surface area contributed by atoms with E-state index in [1.807, 2.05) is 6.07 Å². The molecule has 120 valence electrons. The highest BCUT2D eigenvalue weighted by Crippen LogP contribution is 2.19. The number of imide groups is 1. The Morgan fingerprint density at radius 1 is 1.17 bits per heavy atom. The van der Waals surface area contributed by atoms with E-state index in [9.17, 15) is 19.2 Å². The van der Waals surface area contributed by atoms with Gasteiger partial charge in [-0.05, 0) is 5.56 Å². The van der Waals surface area contributed by atoms with Crippen molar-refractivity contribution < 1.29 is 28.7 Å². The van der Waals surface area contributed by atoms with Gasteiger partial charge in [-0.2, -0.15) is 0 Å².